The van der Waals surface area contributed by atoms with E-state index in [1.54, 1.807) is 84.3 Å². The van der Waals surface area contributed by atoms with Gasteiger partial charge in [-0.15, -0.1) is 0 Å². The summed E-state index contributed by atoms with van der Waals surface area (Å²) in [4.78, 5) is 1.15. The Morgan fingerprint density at radius 2 is 1.30 bits per heavy atom. The van der Waals surface area contributed by atoms with Gasteiger partial charge in [0.15, 0.2) is 0 Å². The molecule has 0 fully saturated rings. The predicted octanol–water partition coefficient (Wildman–Crippen LogP) is 6.75. The van der Waals surface area contributed by atoms with Crippen molar-refractivity contribution < 1.29 is 16.8 Å². The molecule has 0 saturated heterocycles. The first-order valence-corrected chi connectivity index (χ1v) is 15.2. The Kier molecular flexibility index (Phi) is 6.81. The van der Waals surface area contributed by atoms with Crippen molar-refractivity contribution in [3.8, 4) is 0 Å². The van der Waals surface area contributed by atoms with E-state index in [1.165, 1.54) is 21.9 Å². The Morgan fingerprint density at radius 1 is 0.703 bits per heavy atom. The van der Waals surface area contributed by atoms with Crippen LogP contribution in [0, 0.1) is 6.92 Å². The molecule has 0 aliphatic rings. The number of benzene rings is 4. The van der Waals surface area contributed by atoms with Gasteiger partial charge < -0.3 is 0 Å². The summed E-state index contributed by atoms with van der Waals surface area (Å²) < 4.78 is 56.4. The number of aryl methyl sites for hydroxylation is 1. The maximum atomic E-state index is 13.9. The van der Waals surface area contributed by atoms with Gasteiger partial charge in [-0.2, -0.15) is 0 Å². The zero-order valence-corrected chi connectivity index (χ0v) is 22.3. The predicted molar refractivity (Wildman–Crippen MR) is 150 cm³/mol. The number of thioether (sulfide) groups is 1. The molecule has 5 aromatic rings. The van der Waals surface area contributed by atoms with Crippen LogP contribution in [0.2, 0.25) is 0 Å². The van der Waals surface area contributed by atoms with E-state index in [4.69, 9.17) is 0 Å². The molecule has 0 spiro atoms. The van der Waals surface area contributed by atoms with Crippen LogP contribution in [-0.2, 0) is 19.9 Å². The summed E-state index contributed by atoms with van der Waals surface area (Å²) in [5.74, 6) is 0. The second-order valence-electron chi connectivity index (χ2n) is 8.40. The molecule has 0 radical (unpaired) electrons. The molecule has 8 heteroatoms. The lowest BCUT2D eigenvalue weighted by Gasteiger charge is -2.10. The molecule has 0 amide bonds. The van der Waals surface area contributed by atoms with Crippen molar-refractivity contribution in [2.24, 2.45) is 0 Å². The normalized spacial score (nSPS) is 12.6. The molecule has 1 heterocycles. The number of para-hydroxylation sites is 1. The highest BCUT2D eigenvalue weighted by molar-refractivity contribution is 8.05. The van der Waals surface area contributed by atoms with E-state index in [2.05, 4.69) is 0 Å². The van der Waals surface area contributed by atoms with E-state index in [9.17, 15) is 16.8 Å². The first kappa shape index (κ1) is 25.1. The van der Waals surface area contributed by atoms with Gasteiger partial charge >= 0.3 is 0 Å². The SMILES string of the molecule is Cc1ccc(S(=O)(=O)n2cc(/C(=C\Sc3ccccc3)S(=O)(=O)c3ccccc3)c3ccccc32)cc1. The van der Waals surface area contributed by atoms with E-state index in [0.29, 0.717) is 16.5 Å². The highest BCUT2D eigenvalue weighted by Crippen LogP contribution is 2.38. The third-order valence-electron chi connectivity index (χ3n) is 5.91. The minimum Gasteiger partial charge on any atom is -0.240 e. The number of rotatable bonds is 7. The van der Waals surface area contributed by atoms with Crippen molar-refractivity contribution in [2.75, 3.05) is 0 Å². The van der Waals surface area contributed by atoms with Crippen LogP contribution in [0.5, 0.6) is 0 Å². The average molecular weight is 546 g/mol. The molecule has 5 rings (SSSR count). The summed E-state index contributed by atoms with van der Waals surface area (Å²) in [5, 5.41) is 2.11. The average Bonchev–Trinajstić information content (AvgIpc) is 3.30. The molecule has 0 aliphatic carbocycles. The van der Waals surface area contributed by atoms with Crippen molar-refractivity contribution in [3.63, 3.8) is 0 Å². The number of sulfone groups is 1. The lowest BCUT2D eigenvalue weighted by Crippen LogP contribution is -2.12. The zero-order valence-electron chi connectivity index (χ0n) is 19.9. The summed E-state index contributed by atoms with van der Waals surface area (Å²) in [6.45, 7) is 1.88. The largest absolute Gasteiger partial charge is 0.268 e. The van der Waals surface area contributed by atoms with E-state index >= 15 is 0 Å². The first-order chi connectivity index (χ1) is 17.8. The number of hydrogen-bond donors (Lipinski definition) is 0. The fourth-order valence-electron chi connectivity index (χ4n) is 3.99. The molecule has 0 atom stereocenters. The number of fused-ring (bicyclic) bond motifs is 1. The summed E-state index contributed by atoms with van der Waals surface area (Å²) in [6.07, 6.45) is 1.41. The Morgan fingerprint density at radius 3 is 1.97 bits per heavy atom. The molecular weight excluding hydrogens is 523 g/mol. The fraction of sp³-hybridized carbons (Fsp3) is 0.0345. The van der Waals surface area contributed by atoms with Crippen molar-refractivity contribution in [1.29, 1.82) is 0 Å². The van der Waals surface area contributed by atoms with E-state index in [0.717, 1.165) is 10.5 Å². The topological polar surface area (TPSA) is 73.2 Å². The third kappa shape index (κ3) is 4.87. The molecular formula is C29H23NO4S3. The van der Waals surface area contributed by atoms with Gasteiger partial charge in [0.05, 0.1) is 20.2 Å². The van der Waals surface area contributed by atoms with Gasteiger partial charge in [-0.05, 0) is 54.8 Å². The maximum absolute atomic E-state index is 13.9. The van der Waals surface area contributed by atoms with Crippen LogP contribution < -0.4 is 0 Å². The molecule has 0 bridgehead atoms. The van der Waals surface area contributed by atoms with Gasteiger partial charge in [-0.1, -0.05) is 84.1 Å². The van der Waals surface area contributed by atoms with Crippen LogP contribution in [0.15, 0.2) is 135 Å². The van der Waals surface area contributed by atoms with Gasteiger partial charge in [0.2, 0.25) is 9.84 Å². The lowest BCUT2D eigenvalue weighted by atomic mass is 10.2. The highest BCUT2D eigenvalue weighted by Gasteiger charge is 2.28. The Labute approximate surface area is 221 Å². The van der Waals surface area contributed by atoms with Gasteiger partial charge in [-0.25, -0.2) is 20.8 Å². The lowest BCUT2D eigenvalue weighted by molar-refractivity contribution is 0.588. The molecule has 0 unspecified atom stereocenters. The van der Waals surface area contributed by atoms with Crippen molar-refractivity contribution >= 4 is 47.4 Å². The van der Waals surface area contributed by atoms with Gasteiger partial charge in [0.1, 0.15) is 0 Å². The van der Waals surface area contributed by atoms with E-state index in [-0.39, 0.29) is 14.7 Å². The molecule has 1 aromatic heterocycles. The highest BCUT2D eigenvalue weighted by atomic mass is 32.2. The fourth-order valence-corrected chi connectivity index (χ4v) is 7.91. The standard InChI is InChI=1S/C29H23NO4S3/c1-22-16-18-25(19-17-22)37(33,34)30-20-27(26-14-8-9-15-28(26)30)29(21-35-23-10-4-2-5-11-23)36(31,32)24-12-6-3-7-13-24/h2-21H,1H3/b29-21+. The van der Waals surface area contributed by atoms with Gasteiger partial charge in [0.25, 0.3) is 10.0 Å². The van der Waals surface area contributed by atoms with Crippen molar-refractivity contribution in [1.82, 2.24) is 3.97 Å². The molecule has 4 aromatic carbocycles. The molecule has 37 heavy (non-hydrogen) atoms. The Hall–Kier alpha value is -3.59. The zero-order chi connectivity index (χ0) is 26.0. The smallest absolute Gasteiger partial charge is 0.240 e. The van der Waals surface area contributed by atoms with Crippen molar-refractivity contribution in [3.05, 3.63) is 132 Å². The summed E-state index contributed by atoms with van der Waals surface area (Å²) in [5.41, 5.74) is 1.66. The summed E-state index contributed by atoms with van der Waals surface area (Å²) >= 11 is 1.27. The minimum absolute atomic E-state index is 0.0293. The number of aromatic nitrogens is 1. The number of nitrogens with zero attached hydrogens (tertiary/aromatic N) is 1. The van der Waals surface area contributed by atoms with Gasteiger partial charge in [0, 0.05) is 22.0 Å². The van der Waals surface area contributed by atoms with Crippen LogP contribution in [0.3, 0.4) is 0 Å². The maximum Gasteiger partial charge on any atom is 0.268 e. The van der Waals surface area contributed by atoms with Crippen molar-refractivity contribution in [2.45, 2.75) is 21.6 Å². The summed E-state index contributed by atoms with van der Waals surface area (Å²) in [7, 11) is -7.97. The van der Waals surface area contributed by atoms with Crippen LogP contribution in [0.4, 0.5) is 0 Å². The molecule has 186 valence electrons. The molecule has 0 N–H and O–H groups in total. The molecule has 5 nitrogen and oxygen atoms in total. The second kappa shape index (κ2) is 10.0. The van der Waals surface area contributed by atoms with Crippen LogP contribution in [-0.4, -0.2) is 20.8 Å². The quantitative estimate of drug-likeness (QED) is 0.212. The second-order valence-corrected chi connectivity index (χ2v) is 13.1. The third-order valence-corrected chi connectivity index (χ3v) is 10.5. The molecule has 0 saturated carbocycles. The van der Waals surface area contributed by atoms with Crippen LogP contribution in [0.25, 0.3) is 15.8 Å². The number of hydrogen-bond acceptors (Lipinski definition) is 5. The molecule has 0 aliphatic heterocycles. The van der Waals surface area contributed by atoms with Gasteiger partial charge in [-0.3, -0.25) is 0 Å². The Balaban J connectivity index is 1.75. The Bertz CT molecular complexity index is 1810. The summed E-state index contributed by atoms with van der Waals surface area (Å²) in [6, 6.07) is 31.1. The van der Waals surface area contributed by atoms with E-state index in [1.807, 2.05) is 37.3 Å². The van der Waals surface area contributed by atoms with Crippen LogP contribution >= 0.6 is 11.8 Å². The van der Waals surface area contributed by atoms with Crippen LogP contribution in [0.1, 0.15) is 11.1 Å². The van der Waals surface area contributed by atoms with E-state index < -0.39 is 19.9 Å². The monoisotopic (exact) mass is 545 g/mol. The first-order valence-electron chi connectivity index (χ1n) is 11.4. The minimum atomic E-state index is -3.99.